The first-order chi connectivity index (χ1) is 9.10. The minimum Gasteiger partial charge on any atom is -0.493 e. The van der Waals surface area contributed by atoms with E-state index in [9.17, 15) is 5.11 Å². The molecule has 1 aliphatic rings. The molecule has 1 saturated carbocycles. The van der Waals surface area contributed by atoms with Crippen LogP contribution in [0.25, 0.3) is 0 Å². The van der Waals surface area contributed by atoms with E-state index in [1.54, 1.807) is 13.3 Å². The van der Waals surface area contributed by atoms with E-state index in [1.165, 1.54) is 6.42 Å². The Balaban J connectivity index is 2.34. The summed E-state index contributed by atoms with van der Waals surface area (Å²) in [4.78, 5) is 0. The molecule has 1 aromatic heterocycles. The van der Waals surface area contributed by atoms with E-state index in [0.717, 1.165) is 50.1 Å². The van der Waals surface area contributed by atoms with E-state index < -0.39 is 5.60 Å². The molecule has 2 unspecified atom stereocenters. The van der Waals surface area contributed by atoms with Gasteiger partial charge in [-0.1, -0.05) is 20.3 Å². The summed E-state index contributed by atoms with van der Waals surface area (Å²) in [5.74, 6) is 1.42. The number of aliphatic hydroxyl groups is 1. The van der Waals surface area contributed by atoms with Crippen molar-refractivity contribution in [1.82, 2.24) is 9.78 Å². The van der Waals surface area contributed by atoms with Crippen LogP contribution in [-0.2, 0) is 12.1 Å². The molecular formula is C15H26N2O2. The van der Waals surface area contributed by atoms with Crippen LogP contribution >= 0.6 is 0 Å². The molecule has 4 nitrogen and oxygen atoms in total. The zero-order valence-electron chi connectivity index (χ0n) is 12.4. The highest BCUT2D eigenvalue weighted by Crippen LogP contribution is 2.41. The monoisotopic (exact) mass is 266 g/mol. The highest BCUT2D eigenvalue weighted by Gasteiger charge is 2.37. The van der Waals surface area contributed by atoms with Crippen molar-refractivity contribution in [3.63, 3.8) is 0 Å². The van der Waals surface area contributed by atoms with Crippen molar-refractivity contribution in [2.75, 3.05) is 7.11 Å². The fraction of sp³-hybridized carbons (Fsp3) is 0.800. The summed E-state index contributed by atoms with van der Waals surface area (Å²) in [6.45, 7) is 5.22. The predicted molar refractivity (Wildman–Crippen MR) is 75.2 cm³/mol. The fourth-order valence-corrected chi connectivity index (χ4v) is 3.10. The molecule has 1 heterocycles. The number of hydrogen-bond acceptors (Lipinski definition) is 3. The van der Waals surface area contributed by atoms with Gasteiger partial charge in [-0.05, 0) is 38.0 Å². The lowest BCUT2D eigenvalue weighted by molar-refractivity contribution is 0.00871. The van der Waals surface area contributed by atoms with Gasteiger partial charge >= 0.3 is 0 Å². The molecule has 108 valence electrons. The number of rotatable bonds is 4. The van der Waals surface area contributed by atoms with Gasteiger partial charge in [-0.2, -0.15) is 5.10 Å². The van der Waals surface area contributed by atoms with Crippen LogP contribution < -0.4 is 4.74 Å². The van der Waals surface area contributed by atoms with E-state index in [0.29, 0.717) is 5.92 Å². The molecule has 0 spiro atoms. The minimum absolute atomic E-state index is 0.697. The molecule has 1 N–H and O–H groups in total. The molecule has 2 rings (SSSR count). The van der Waals surface area contributed by atoms with Crippen LogP contribution in [0.2, 0.25) is 0 Å². The topological polar surface area (TPSA) is 47.3 Å². The van der Waals surface area contributed by atoms with Crippen LogP contribution in [0, 0.1) is 5.92 Å². The number of hydrogen-bond donors (Lipinski definition) is 1. The molecule has 1 fully saturated rings. The first kappa shape index (κ1) is 14.4. The zero-order valence-corrected chi connectivity index (χ0v) is 12.4. The van der Waals surface area contributed by atoms with Crippen molar-refractivity contribution in [1.29, 1.82) is 0 Å². The van der Waals surface area contributed by atoms with Crippen molar-refractivity contribution in [2.24, 2.45) is 5.92 Å². The van der Waals surface area contributed by atoms with E-state index >= 15 is 0 Å². The maximum atomic E-state index is 11.1. The average Bonchev–Trinajstić information content (AvgIpc) is 2.72. The van der Waals surface area contributed by atoms with Gasteiger partial charge in [0.05, 0.1) is 13.3 Å². The maximum Gasteiger partial charge on any atom is 0.162 e. The Bertz CT molecular complexity index is 416. The Morgan fingerprint density at radius 3 is 2.95 bits per heavy atom. The van der Waals surface area contributed by atoms with Crippen molar-refractivity contribution in [3.05, 3.63) is 11.9 Å². The Morgan fingerprint density at radius 2 is 2.26 bits per heavy atom. The lowest BCUT2D eigenvalue weighted by Crippen LogP contribution is -2.29. The van der Waals surface area contributed by atoms with Crippen LogP contribution in [0.5, 0.6) is 5.75 Å². The highest BCUT2D eigenvalue weighted by molar-refractivity contribution is 5.31. The van der Waals surface area contributed by atoms with Gasteiger partial charge in [-0.3, -0.25) is 4.68 Å². The summed E-state index contributed by atoms with van der Waals surface area (Å²) in [6.07, 6.45) is 7.69. The third kappa shape index (κ3) is 2.94. The van der Waals surface area contributed by atoms with Crippen molar-refractivity contribution in [2.45, 2.75) is 64.5 Å². The first-order valence-corrected chi connectivity index (χ1v) is 7.43. The summed E-state index contributed by atoms with van der Waals surface area (Å²) < 4.78 is 7.34. The SMILES string of the molecule is CCCn1ncc(OC)c1C1(O)CCCC(C)CC1. The van der Waals surface area contributed by atoms with Crippen LogP contribution in [-0.4, -0.2) is 22.0 Å². The molecular weight excluding hydrogens is 240 g/mol. The van der Waals surface area contributed by atoms with Crippen molar-refractivity contribution >= 4 is 0 Å². The van der Waals surface area contributed by atoms with Crippen molar-refractivity contribution in [3.8, 4) is 5.75 Å². The third-order valence-corrected chi connectivity index (χ3v) is 4.24. The molecule has 0 bridgehead atoms. The molecule has 4 heteroatoms. The largest absolute Gasteiger partial charge is 0.493 e. The number of ether oxygens (including phenoxy) is 1. The standard InChI is InChI=1S/C15H26N2O2/c1-4-10-17-14(13(19-3)11-16-17)15(18)8-5-6-12(2)7-9-15/h11-12,18H,4-10H2,1-3H3. The maximum absolute atomic E-state index is 11.1. The lowest BCUT2D eigenvalue weighted by Gasteiger charge is -2.28. The molecule has 1 aromatic rings. The normalized spacial score (nSPS) is 28.1. The van der Waals surface area contributed by atoms with Gasteiger partial charge in [-0.15, -0.1) is 0 Å². The summed E-state index contributed by atoms with van der Waals surface area (Å²) in [5, 5.41) is 15.5. The highest BCUT2D eigenvalue weighted by atomic mass is 16.5. The van der Waals surface area contributed by atoms with E-state index in [-0.39, 0.29) is 0 Å². The molecule has 0 aliphatic heterocycles. The van der Waals surface area contributed by atoms with Crippen LogP contribution in [0.3, 0.4) is 0 Å². The number of aryl methyl sites for hydroxylation is 1. The third-order valence-electron chi connectivity index (χ3n) is 4.24. The number of aromatic nitrogens is 2. The van der Waals surface area contributed by atoms with Crippen LogP contribution in [0.1, 0.15) is 58.1 Å². The predicted octanol–water partition coefficient (Wildman–Crippen LogP) is 3.09. The Labute approximate surface area is 115 Å². The second kappa shape index (κ2) is 5.95. The van der Waals surface area contributed by atoms with E-state index in [2.05, 4.69) is 18.9 Å². The Kier molecular flexibility index (Phi) is 4.50. The molecule has 19 heavy (non-hydrogen) atoms. The Hall–Kier alpha value is -1.03. The van der Waals surface area contributed by atoms with Gasteiger partial charge in [0.25, 0.3) is 0 Å². The molecule has 0 aromatic carbocycles. The lowest BCUT2D eigenvalue weighted by atomic mass is 9.89. The second-order valence-corrected chi connectivity index (χ2v) is 5.85. The van der Waals surface area contributed by atoms with Gasteiger partial charge in [0.15, 0.2) is 5.75 Å². The molecule has 2 atom stereocenters. The summed E-state index contributed by atoms with van der Waals surface area (Å²) in [6, 6.07) is 0. The Morgan fingerprint density at radius 1 is 1.47 bits per heavy atom. The van der Waals surface area contributed by atoms with Crippen LogP contribution in [0.15, 0.2) is 6.20 Å². The molecule has 0 amide bonds. The quantitative estimate of drug-likeness (QED) is 0.852. The minimum atomic E-state index is -0.776. The summed E-state index contributed by atoms with van der Waals surface area (Å²) in [5.41, 5.74) is 0.104. The number of nitrogens with zero attached hydrogens (tertiary/aromatic N) is 2. The van der Waals surface area contributed by atoms with Gasteiger partial charge in [-0.25, -0.2) is 0 Å². The van der Waals surface area contributed by atoms with E-state index in [4.69, 9.17) is 4.74 Å². The molecule has 0 radical (unpaired) electrons. The zero-order chi connectivity index (χ0) is 13.9. The average molecular weight is 266 g/mol. The fourth-order valence-electron chi connectivity index (χ4n) is 3.10. The van der Waals surface area contributed by atoms with Gasteiger partial charge < -0.3 is 9.84 Å². The molecule has 1 aliphatic carbocycles. The van der Waals surface area contributed by atoms with E-state index in [1.807, 2.05) is 4.68 Å². The second-order valence-electron chi connectivity index (χ2n) is 5.85. The number of methoxy groups -OCH3 is 1. The summed E-state index contributed by atoms with van der Waals surface area (Å²) in [7, 11) is 1.65. The van der Waals surface area contributed by atoms with Gasteiger partial charge in [0.2, 0.25) is 0 Å². The smallest absolute Gasteiger partial charge is 0.162 e. The van der Waals surface area contributed by atoms with Crippen LogP contribution in [0.4, 0.5) is 0 Å². The summed E-state index contributed by atoms with van der Waals surface area (Å²) >= 11 is 0. The van der Waals surface area contributed by atoms with Crippen molar-refractivity contribution < 1.29 is 9.84 Å². The van der Waals surface area contributed by atoms with Gasteiger partial charge in [0, 0.05) is 6.54 Å². The van der Waals surface area contributed by atoms with Gasteiger partial charge in [0.1, 0.15) is 11.3 Å². The molecule has 0 saturated heterocycles. The first-order valence-electron chi connectivity index (χ1n) is 7.43.